The maximum absolute atomic E-state index is 13.7. The lowest BCUT2D eigenvalue weighted by atomic mass is 10.1. The zero-order valence-electron chi connectivity index (χ0n) is 12.7. The lowest BCUT2D eigenvalue weighted by molar-refractivity contribution is 0.475. The summed E-state index contributed by atoms with van der Waals surface area (Å²) < 4.78 is 15.5. The topological polar surface area (TPSA) is 50.9 Å². The largest absolute Gasteiger partial charge is 0.508 e. The van der Waals surface area contributed by atoms with Crippen LogP contribution in [0.4, 0.5) is 4.39 Å². The number of nitrogens with zero attached hydrogens (tertiary/aromatic N) is 3. The van der Waals surface area contributed by atoms with Crippen LogP contribution in [0.25, 0.3) is 16.9 Å². The van der Waals surface area contributed by atoms with Gasteiger partial charge in [0.05, 0.1) is 5.69 Å². The Morgan fingerprint density at radius 2 is 1.83 bits per heavy atom. The summed E-state index contributed by atoms with van der Waals surface area (Å²) in [5.74, 6) is 0.680. The first-order valence-corrected chi connectivity index (χ1v) is 7.57. The predicted octanol–water partition coefficient (Wildman–Crippen LogP) is 3.86. The summed E-state index contributed by atoms with van der Waals surface area (Å²) in [6.07, 6.45) is 2.25. The number of phenols is 1. The number of benzene rings is 2. The van der Waals surface area contributed by atoms with E-state index in [1.807, 2.05) is 34.9 Å². The van der Waals surface area contributed by atoms with E-state index in [2.05, 4.69) is 9.97 Å². The average Bonchev–Trinajstić information content (AvgIpc) is 2.95. The van der Waals surface area contributed by atoms with Gasteiger partial charge in [0.15, 0.2) is 5.65 Å². The van der Waals surface area contributed by atoms with E-state index in [0.29, 0.717) is 17.8 Å². The first-order chi connectivity index (χ1) is 11.7. The molecule has 2 aromatic heterocycles. The van der Waals surface area contributed by atoms with Gasteiger partial charge >= 0.3 is 0 Å². The number of pyridine rings is 1. The molecule has 2 heterocycles. The van der Waals surface area contributed by atoms with Gasteiger partial charge in [-0.1, -0.05) is 18.2 Å². The highest BCUT2D eigenvalue weighted by Crippen LogP contribution is 2.23. The minimum absolute atomic E-state index is 0.221. The van der Waals surface area contributed by atoms with Gasteiger partial charge in [0.2, 0.25) is 0 Å². The third-order valence-corrected chi connectivity index (χ3v) is 3.85. The molecule has 5 heteroatoms. The standard InChI is InChI=1S/C19H14FN3O/c20-14-3-1-4-15(12-14)23-18(11-13-6-8-16(24)9-7-13)22-17-5-2-10-21-19(17)23/h1-10,12,24H,11H2. The van der Waals surface area contributed by atoms with Gasteiger partial charge in [-0.3, -0.25) is 4.57 Å². The molecule has 0 aliphatic heterocycles. The molecule has 4 rings (SSSR count). The summed E-state index contributed by atoms with van der Waals surface area (Å²) in [6.45, 7) is 0. The Labute approximate surface area is 137 Å². The van der Waals surface area contributed by atoms with E-state index in [0.717, 1.165) is 16.9 Å². The Morgan fingerprint density at radius 3 is 2.62 bits per heavy atom. The SMILES string of the molecule is Oc1ccc(Cc2nc3cccnc3n2-c2cccc(F)c2)cc1. The number of fused-ring (bicyclic) bond motifs is 1. The molecule has 0 aliphatic rings. The Morgan fingerprint density at radius 1 is 1.00 bits per heavy atom. The molecule has 118 valence electrons. The Bertz CT molecular complexity index is 1010. The van der Waals surface area contributed by atoms with Crippen molar-refractivity contribution in [3.63, 3.8) is 0 Å². The zero-order chi connectivity index (χ0) is 16.5. The van der Waals surface area contributed by atoms with Crippen molar-refractivity contribution in [2.75, 3.05) is 0 Å². The van der Waals surface area contributed by atoms with Crippen LogP contribution in [0.2, 0.25) is 0 Å². The molecule has 0 aliphatic carbocycles. The van der Waals surface area contributed by atoms with Gasteiger partial charge in [-0.2, -0.15) is 0 Å². The van der Waals surface area contributed by atoms with Crippen molar-refractivity contribution in [2.24, 2.45) is 0 Å². The highest BCUT2D eigenvalue weighted by molar-refractivity contribution is 5.74. The molecule has 0 fully saturated rings. The summed E-state index contributed by atoms with van der Waals surface area (Å²) in [5, 5.41) is 9.43. The van der Waals surface area contributed by atoms with E-state index in [9.17, 15) is 9.50 Å². The first kappa shape index (κ1) is 14.4. The molecule has 2 aromatic carbocycles. The molecule has 1 N–H and O–H groups in total. The van der Waals surface area contributed by atoms with Gasteiger partial charge in [-0.25, -0.2) is 14.4 Å². The van der Waals surface area contributed by atoms with Crippen LogP contribution in [0.1, 0.15) is 11.4 Å². The molecule has 0 saturated carbocycles. The van der Waals surface area contributed by atoms with Crippen LogP contribution in [-0.2, 0) is 6.42 Å². The number of hydrogen-bond donors (Lipinski definition) is 1. The first-order valence-electron chi connectivity index (χ1n) is 7.57. The van der Waals surface area contributed by atoms with Crippen molar-refractivity contribution in [1.29, 1.82) is 0 Å². The van der Waals surface area contributed by atoms with Crippen molar-refractivity contribution in [3.05, 3.63) is 84.1 Å². The fourth-order valence-corrected chi connectivity index (χ4v) is 2.76. The number of rotatable bonds is 3. The van der Waals surface area contributed by atoms with Crippen molar-refractivity contribution in [3.8, 4) is 11.4 Å². The summed E-state index contributed by atoms with van der Waals surface area (Å²) in [6, 6.07) is 17.1. The van der Waals surface area contributed by atoms with Gasteiger partial charge in [0, 0.05) is 12.6 Å². The molecule has 4 aromatic rings. The molecule has 0 saturated heterocycles. The number of imidazole rings is 1. The van der Waals surface area contributed by atoms with Gasteiger partial charge in [0.1, 0.15) is 22.9 Å². The maximum Gasteiger partial charge on any atom is 0.164 e. The molecule has 0 radical (unpaired) electrons. The zero-order valence-corrected chi connectivity index (χ0v) is 12.7. The lowest BCUT2D eigenvalue weighted by Crippen LogP contribution is -2.03. The molecular weight excluding hydrogens is 305 g/mol. The van der Waals surface area contributed by atoms with E-state index < -0.39 is 0 Å². The lowest BCUT2D eigenvalue weighted by Gasteiger charge is -2.09. The van der Waals surface area contributed by atoms with Crippen molar-refractivity contribution >= 4 is 11.2 Å². The van der Waals surface area contributed by atoms with Crippen LogP contribution in [-0.4, -0.2) is 19.6 Å². The van der Waals surface area contributed by atoms with Crippen LogP contribution in [0.3, 0.4) is 0 Å². The molecule has 0 atom stereocenters. The van der Waals surface area contributed by atoms with Gasteiger partial charge in [-0.15, -0.1) is 0 Å². The quantitative estimate of drug-likeness (QED) is 0.624. The highest BCUT2D eigenvalue weighted by Gasteiger charge is 2.14. The minimum Gasteiger partial charge on any atom is -0.508 e. The van der Waals surface area contributed by atoms with E-state index in [-0.39, 0.29) is 11.6 Å². The number of aromatic nitrogens is 3. The predicted molar refractivity (Wildman–Crippen MR) is 89.7 cm³/mol. The van der Waals surface area contributed by atoms with Crippen LogP contribution in [0.15, 0.2) is 66.9 Å². The Hall–Kier alpha value is -3.21. The fourth-order valence-electron chi connectivity index (χ4n) is 2.76. The molecular formula is C19H14FN3O. The van der Waals surface area contributed by atoms with Gasteiger partial charge in [-0.05, 0) is 48.0 Å². The Kier molecular flexibility index (Phi) is 3.46. The van der Waals surface area contributed by atoms with Gasteiger partial charge in [0.25, 0.3) is 0 Å². The highest BCUT2D eigenvalue weighted by atomic mass is 19.1. The summed E-state index contributed by atoms with van der Waals surface area (Å²) >= 11 is 0. The summed E-state index contributed by atoms with van der Waals surface area (Å²) in [4.78, 5) is 9.05. The third-order valence-electron chi connectivity index (χ3n) is 3.85. The molecule has 24 heavy (non-hydrogen) atoms. The van der Waals surface area contributed by atoms with Gasteiger partial charge < -0.3 is 5.11 Å². The summed E-state index contributed by atoms with van der Waals surface area (Å²) in [5.41, 5.74) is 3.14. The molecule has 0 spiro atoms. The van der Waals surface area contributed by atoms with Crippen molar-refractivity contribution in [2.45, 2.75) is 6.42 Å². The van der Waals surface area contributed by atoms with Crippen molar-refractivity contribution in [1.82, 2.24) is 14.5 Å². The smallest absolute Gasteiger partial charge is 0.164 e. The van der Waals surface area contributed by atoms with E-state index >= 15 is 0 Å². The monoisotopic (exact) mass is 319 g/mol. The maximum atomic E-state index is 13.7. The second kappa shape index (κ2) is 5.77. The van der Waals surface area contributed by atoms with Crippen LogP contribution >= 0.6 is 0 Å². The van der Waals surface area contributed by atoms with Crippen molar-refractivity contribution < 1.29 is 9.50 Å². The fraction of sp³-hybridized carbons (Fsp3) is 0.0526. The van der Waals surface area contributed by atoms with Crippen LogP contribution in [0.5, 0.6) is 5.75 Å². The number of aromatic hydroxyl groups is 1. The third kappa shape index (κ3) is 2.60. The molecule has 0 bridgehead atoms. The van der Waals surface area contributed by atoms with Crippen LogP contribution in [0, 0.1) is 5.82 Å². The number of phenolic OH excluding ortho intramolecular Hbond substituents is 1. The van der Waals surface area contributed by atoms with E-state index in [1.54, 1.807) is 24.4 Å². The molecule has 4 nitrogen and oxygen atoms in total. The number of hydrogen-bond acceptors (Lipinski definition) is 3. The normalized spacial score (nSPS) is 11.0. The Balaban J connectivity index is 1.88. The van der Waals surface area contributed by atoms with Crippen LogP contribution < -0.4 is 0 Å². The number of halogens is 1. The second-order valence-corrected chi connectivity index (χ2v) is 5.53. The average molecular weight is 319 g/mol. The van der Waals surface area contributed by atoms with E-state index in [4.69, 9.17) is 0 Å². The molecule has 0 amide bonds. The minimum atomic E-state index is -0.305. The molecule has 0 unspecified atom stereocenters. The van der Waals surface area contributed by atoms with E-state index in [1.165, 1.54) is 12.1 Å². The summed E-state index contributed by atoms with van der Waals surface area (Å²) in [7, 11) is 0. The second-order valence-electron chi connectivity index (χ2n) is 5.53.